The lowest BCUT2D eigenvalue weighted by atomic mass is 9.99. The summed E-state index contributed by atoms with van der Waals surface area (Å²) >= 11 is 0. The Bertz CT molecular complexity index is 639. The van der Waals surface area contributed by atoms with Gasteiger partial charge in [0.1, 0.15) is 0 Å². The molecule has 1 aliphatic rings. The molecule has 0 spiro atoms. The van der Waals surface area contributed by atoms with Gasteiger partial charge in [0, 0.05) is 12.2 Å². The van der Waals surface area contributed by atoms with Gasteiger partial charge < -0.3 is 14.4 Å². The highest BCUT2D eigenvalue weighted by Gasteiger charge is 2.30. The highest BCUT2D eigenvalue weighted by molar-refractivity contribution is 5.54. The smallest absolute Gasteiger partial charge is 0.235 e. The van der Waals surface area contributed by atoms with Crippen LogP contribution in [0.15, 0.2) is 16.7 Å². The average Bonchev–Trinajstić information content (AvgIpc) is 2.94. The molecule has 3 rings (SSSR count). The summed E-state index contributed by atoms with van der Waals surface area (Å²) in [6.07, 6.45) is -0.254. The molecule has 0 aliphatic carbocycles. The molecule has 2 atom stereocenters. The summed E-state index contributed by atoms with van der Waals surface area (Å²) in [5, 5.41) is 13.4. The van der Waals surface area contributed by atoms with Crippen molar-refractivity contribution in [2.45, 2.75) is 18.4 Å². The fourth-order valence-electron chi connectivity index (χ4n) is 2.15. The second-order valence-electron chi connectivity index (χ2n) is 4.75. The molecule has 5 nitrogen and oxygen atoms in total. The molecule has 1 aliphatic heterocycles. The van der Waals surface area contributed by atoms with Crippen molar-refractivity contribution in [1.29, 1.82) is 0 Å². The monoisotopic (exact) mass is 300 g/mol. The van der Waals surface area contributed by atoms with Crippen molar-refractivity contribution < 1.29 is 27.5 Å². The summed E-state index contributed by atoms with van der Waals surface area (Å²) in [6.45, 7) is 0.655. The van der Waals surface area contributed by atoms with Crippen LogP contribution in [0, 0.1) is 17.5 Å². The minimum Gasteiger partial charge on any atom is -0.392 e. The van der Waals surface area contributed by atoms with Crippen molar-refractivity contribution in [3.8, 4) is 11.4 Å². The average molecular weight is 300 g/mol. The summed E-state index contributed by atoms with van der Waals surface area (Å²) in [4.78, 5) is 3.99. The Balaban J connectivity index is 1.91. The molecule has 1 fully saturated rings. The summed E-state index contributed by atoms with van der Waals surface area (Å²) in [5.74, 6) is -4.69. The van der Waals surface area contributed by atoms with E-state index in [2.05, 4.69) is 10.1 Å². The van der Waals surface area contributed by atoms with E-state index in [0.717, 1.165) is 12.1 Å². The van der Waals surface area contributed by atoms with Gasteiger partial charge in [-0.2, -0.15) is 4.98 Å². The minimum atomic E-state index is -1.56. The zero-order valence-corrected chi connectivity index (χ0v) is 10.7. The van der Waals surface area contributed by atoms with Crippen molar-refractivity contribution in [3.63, 3.8) is 0 Å². The molecular weight excluding hydrogens is 289 g/mol. The molecule has 21 heavy (non-hydrogen) atoms. The fraction of sp³-hybridized carbons (Fsp3) is 0.385. The Labute approximate surface area is 117 Å². The van der Waals surface area contributed by atoms with E-state index in [1.807, 2.05) is 0 Å². The molecule has 1 N–H and O–H groups in total. The van der Waals surface area contributed by atoms with Gasteiger partial charge in [0.05, 0.1) is 18.6 Å². The zero-order chi connectivity index (χ0) is 15.0. The second-order valence-corrected chi connectivity index (χ2v) is 4.75. The molecule has 1 saturated heterocycles. The van der Waals surface area contributed by atoms with Gasteiger partial charge in [-0.3, -0.25) is 0 Å². The van der Waals surface area contributed by atoms with Gasteiger partial charge in [-0.1, -0.05) is 5.16 Å². The Hall–Kier alpha value is -1.93. The first-order valence-corrected chi connectivity index (χ1v) is 6.30. The van der Waals surface area contributed by atoms with Gasteiger partial charge in [0.15, 0.2) is 17.5 Å². The van der Waals surface area contributed by atoms with Crippen molar-refractivity contribution in [3.05, 3.63) is 35.5 Å². The largest absolute Gasteiger partial charge is 0.392 e. The Morgan fingerprint density at radius 3 is 2.57 bits per heavy atom. The number of rotatable bonds is 2. The Morgan fingerprint density at radius 1 is 1.19 bits per heavy atom. The number of aliphatic hydroxyl groups is 1. The number of aromatic nitrogens is 2. The van der Waals surface area contributed by atoms with E-state index in [1.54, 1.807) is 0 Å². The topological polar surface area (TPSA) is 68.4 Å². The van der Waals surface area contributed by atoms with E-state index < -0.39 is 29.5 Å². The van der Waals surface area contributed by atoms with Gasteiger partial charge in [0.2, 0.25) is 11.7 Å². The van der Waals surface area contributed by atoms with Crippen molar-refractivity contribution in [2.75, 3.05) is 13.2 Å². The highest BCUT2D eigenvalue weighted by atomic mass is 19.2. The maximum Gasteiger partial charge on any atom is 0.235 e. The molecule has 2 unspecified atom stereocenters. The third-order valence-electron chi connectivity index (χ3n) is 3.32. The second kappa shape index (κ2) is 5.45. The normalized spacial score (nSPS) is 22.5. The van der Waals surface area contributed by atoms with Crippen LogP contribution >= 0.6 is 0 Å². The van der Waals surface area contributed by atoms with Gasteiger partial charge in [0.25, 0.3) is 0 Å². The summed E-state index contributed by atoms with van der Waals surface area (Å²) < 4.78 is 49.5. The van der Waals surface area contributed by atoms with Crippen molar-refractivity contribution in [2.24, 2.45) is 0 Å². The number of benzene rings is 1. The van der Waals surface area contributed by atoms with Crippen LogP contribution in [-0.2, 0) is 4.74 Å². The fourth-order valence-corrected chi connectivity index (χ4v) is 2.15. The van der Waals surface area contributed by atoms with Gasteiger partial charge >= 0.3 is 0 Å². The van der Waals surface area contributed by atoms with Crippen LogP contribution in [-0.4, -0.2) is 34.6 Å². The molecule has 0 radical (unpaired) electrons. The minimum absolute atomic E-state index is 0.0485. The van der Waals surface area contributed by atoms with Crippen LogP contribution < -0.4 is 0 Å². The zero-order valence-electron chi connectivity index (χ0n) is 10.7. The lowest BCUT2D eigenvalue weighted by Gasteiger charge is -2.24. The SMILES string of the molecule is OC1CCOCC1c1nc(-c2cc(F)c(F)c(F)c2)no1. The first-order chi connectivity index (χ1) is 10.1. The van der Waals surface area contributed by atoms with E-state index in [-0.39, 0.29) is 23.9 Å². The van der Waals surface area contributed by atoms with E-state index >= 15 is 0 Å². The maximum absolute atomic E-state index is 13.2. The van der Waals surface area contributed by atoms with Crippen molar-refractivity contribution in [1.82, 2.24) is 10.1 Å². The molecular formula is C13H11F3N2O3. The molecule has 8 heteroatoms. The Morgan fingerprint density at radius 2 is 1.90 bits per heavy atom. The molecule has 2 heterocycles. The van der Waals surface area contributed by atoms with Gasteiger partial charge in [-0.25, -0.2) is 13.2 Å². The van der Waals surface area contributed by atoms with E-state index in [0.29, 0.717) is 13.0 Å². The molecule has 2 aromatic rings. The predicted octanol–water partition coefficient (Wildman–Crippen LogP) is 2.02. The van der Waals surface area contributed by atoms with Crippen LogP contribution in [0.5, 0.6) is 0 Å². The van der Waals surface area contributed by atoms with Gasteiger partial charge in [-0.05, 0) is 18.6 Å². The standard InChI is InChI=1S/C13H11F3N2O3/c14-8-3-6(4-9(15)11(8)16)12-17-13(21-18-12)7-5-20-2-1-10(7)19/h3-4,7,10,19H,1-2,5H2. The number of aliphatic hydroxyl groups excluding tert-OH is 1. The van der Waals surface area contributed by atoms with Crippen LogP contribution in [0.25, 0.3) is 11.4 Å². The molecule has 0 bridgehead atoms. The number of ether oxygens (including phenoxy) is 1. The van der Waals surface area contributed by atoms with Crippen molar-refractivity contribution >= 4 is 0 Å². The number of halogens is 3. The number of hydrogen-bond donors (Lipinski definition) is 1. The molecule has 1 aromatic heterocycles. The van der Waals surface area contributed by atoms with E-state index in [4.69, 9.17) is 9.26 Å². The third kappa shape index (κ3) is 2.64. The Kier molecular flexibility index (Phi) is 3.64. The van der Waals surface area contributed by atoms with E-state index in [1.165, 1.54) is 0 Å². The lowest BCUT2D eigenvalue weighted by Crippen LogP contribution is -2.30. The summed E-state index contributed by atoms with van der Waals surface area (Å²) in [6, 6.07) is 1.56. The molecule has 112 valence electrons. The van der Waals surface area contributed by atoms with Crippen LogP contribution in [0.1, 0.15) is 18.2 Å². The van der Waals surface area contributed by atoms with E-state index in [9.17, 15) is 18.3 Å². The lowest BCUT2D eigenvalue weighted by molar-refractivity contribution is -0.0149. The number of nitrogens with zero attached hydrogens (tertiary/aromatic N) is 2. The third-order valence-corrected chi connectivity index (χ3v) is 3.32. The summed E-state index contributed by atoms with van der Waals surface area (Å²) in [5.41, 5.74) is -0.0485. The highest BCUT2D eigenvalue weighted by Crippen LogP contribution is 2.27. The molecule has 0 saturated carbocycles. The maximum atomic E-state index is 13.2. The molecule has 1 aromatic carbocycles. The first-order valence-electron chi connectivity index (χ1n) is 6.30. The molecule has 0 amide bonds. The van der Waals surface area contributed by atoms with Crippen LogP contribution in [0.4, 0.5) is 13.2 Å². The van der Waals surface area contributed by atoms with Crippen LogP contribution in [0.2, 0.25) is 0 Å². The van der Waals surface area contributed by atoms with Crippen LogP contribution in [0.3, 0.4) is 0 Å². The number of hydrogen-bond acceptors (Lipinski definition) is 5. The first kappa shape index (κ1) is 14.0. The quantitative estimate of drug-likeness (QED) is 0.859. The van der Waals surface area contributed by atoms with Gasteiger partial charge in [-0.15, -0.1) is 0 Å². The summed E-state index contributed by atoms with van der Waals surface area (Å²) in [7, 11) is 0. The predicted molar refractivity (Wildman–Crippen MR) is 63.8 cm³/mol.